The SMILES string of the molecule is CC(C)CC(N)c1ccc(-n2cc(C(F)(F)F)cn2)cc1. The molecule has 114 valence electrons. The molecule has 1 atom stereocenters. The van der Waals surface area contributed by atoms with Gasteiger partial charge in [0.05, 0.1) is 17.4 Å². The molecule has 1 aromatic heterocycles. The number of alkyl halides is 3. The topological polar surface area (TPSA) is 43.8 Å². The van der Waals surface area contributed by atoms with Gasteiger partial charge in [-0.15, -0.1) is 0 Å². The molecular weight excluding hydrogens is 279 g/mol. The van der Waals surface area contributed by atoms with Crippen LogP contribution >= 0.6 is 0 Å². The Balaban J connectivity index is 2.17. The zero-order valence-electron chi connectivity index (χ0n) is 11.9. The molecule has 2 rings (SSSR count). The standard InChI is InChI=1S/C15H18F3N3/c1-10(2)7-14(19)11-3-5-13(6-4-11)21-9-12(8-20-21)15(16,17)18/h3-6,8-10,14H,7,19H2,1-2H3. The summed E-state index contributed by atoms with van der Waals surface area (Å²) in [5.74, 6) is 0.486. The Morgan fingerprint density at radius 1 is 1.19 bits per heavy atom. The molecule has 21 heavy (non-hydrogen) atoms. The van der Waals surface area contributed by atoms with Crippen LogP contribution < -0.4 is 5.73 Å². The van der Waals surface area contributed by atoms with Gasteiger partial charge >= 0.3 is 6.18 Å². The van der Waals surface area contributed by atoms with Crippen LogP contribution in [0.4, 0.5) is 13.2 Å². The van der Waals surface area contributed by atoms with Crippen molar-refractivity contribution in [3.8, 4) is 5.69 Å². The molecule has 2 aromatic rings. The Hall–Kier alpha value is -1.82. The lowest BCUT2D eigenvalue weighted by Gasteiger charge is -2.14. The van der Waals surface area contributed by atoms with Crippen LogP contribution in [0.25, 0.3) is 5.69 Å². The van der Waals surface area contributed by atoms with Crippen molar-refractivity contribution in [2.45, 2.75) is 32.5 Å². The van der Waals surface area contributed by atoms with Crippen LogP contribution in [0.1, 0.15) is 37.4 Å². The average molecular weight is 297 g/mol. The predicted octanol–water partition coefficient (Wildman–Crippen LogP) is 3.94. The van der Waals surface area contributed by atoms with Crippen molar-refractivity contribution in [1.29, 1.82) is 0 Å². The Morgan fingerprint density at radius 2 is 1.81 bits per heavy atom. The lowest BCUT2D eigenvalue weighted by molar-refractivity contribution is -0.137. The fourth-order valence-corrected chi connectivity index (χ4v) is 2.13. The summed E-state index contributed by atoms with van der Waals surface area (Å²) in [6, 6.07) is 7.04. The second kappa shape index (κ2) is 5.89. The molecule has 6 heteroatoms. The fourth-order valence-electron chi connectivity index (χ4n) is 2.13. The number of hydrogen-bond acceptors (Lipinski definition) is 2. The molecule has 0 fully saturated rings. The first kappa shape index (κ1) is 15.6. The number of rotatable bonds is 4. The van der Waals surface area contributed by atoms with E-state index in [0.29, 0.717) is 11.6 Å². The summed E-state index contributed by atoms with van der Waals surface area (Å²) in [5, 5.41) is 3.74. The molecular formula is C15H18F3N3. The van der Waals surface area contributed by atoms with E-state index in [1.165, 1.54) is 4.68 Å². The zero-order chi connectivity index (χ0) is 15.6. The molecule has 0 aliphatic heterocycles. The van der Waals surface area contributed by atoms with E-state index < -0.39 is 11.7 Å². The van der Waals surface area contributed by atoms with Crippen molar-refractivity contribution in [1.82, 2.24) is 9.78 Å². The van der Waals surface area contributed by atoms with E-state index in [-0.39, 0.29) is 6.04 Å². The van der Waals surface area contributed by atoms with Crippen molar-refractivity contribution in [3.05, 3.63) is 47.8 Å². The van der Waals surface area contributed by atoms with Gasteiger partial charge in [0.15, 0.2) is 0 Å². The predicted molar refractivity (Wildman–Crippen MR) is 74.9 cm³/mol. The molecule has 3 nitrogen and oxygen atoms in total. The Bertz CT molecular complexity index is 585. The third-order valence-corrected chi connectivity index (χ3v) is 3.22. The largest absolute Gasteiger partial charge is 0.419 e. The van der Waals surface area contributed by atoms with E-state index in [1.807, 2.05) is 12.1 Å². The highest BCUT2D eigenvalue weighted by Gasteiger charge is 2.32. The summed E-state index contributed by atoms with van der Waals surface area (Å²) in [6.07, 6.45) is -1.72. The van der Waals surface area contributed by atoms with E-state index in [0.717, 1.165) is 24.4 Å². The molecule has 1 unspecified atom stereocenters. The Labute approximate surface area is 121 Å². The quantitative estimate of drug-likeness (QED) is 0.929. The summed E-state index contributed by atoms with van der Waals surface area (Å²) in [6.45, 7) is 4.19. The van der Waals surface area contributed by atoms with Crippen molar-refractivity contribution in [2.75, 3.05) is 0 Å². The minimum absolute atomic E-state index is 0.0672. The average Bonchev–Trinajstić information content (AvgIpc) is 2.87. The summed E-state index contributed by atoms with van der Waals surface area (Å²) in [4.78, 5) is 0. The van der Waals surface area contributed by atoms with Gasteiger partial charge in [-0.25, -0.2) is 4.68 Å². The van der Waals surface area contributed by atoms with Crippen molar-refractivity contribution in [3.63, 3.8) is 0 Å². The van der Waals surface area contributed by atoms with Crippen LogP contribution in [0, 0.1) is 5.92 Å². The molecule has 0 aliphatic carbocycles. The van der Waals surface area contributed by atoms with Gasteiger partial charge in [-0.05, 0) is 30.0 Å². The zero-order valence-corrected chi connectivity index (χ0v) is 11.9. The third kappa shape index (κ3) is 3.85. The molecule has 2 N–H and O–H groups in total. The molecule has 1 heterocycles. The van der Waals surface area contributed by atoms with E-state index in [4.69, 9.17) is 5.73 Å². The van der Waals surface area contributed by atoms with Crippen molar-refractivity contribution >= 4 is 0 Å². The molecule has 0 bridgehead atoms. The van der Waals surface area contributed by atoms with Crippen molar-refractivity contribution in [2.24, 2.45) is 11.7 Å². The van der Waals surface area contributed by atoms with Crippen LogP contribution in [0.15, 0.2) is 36.7 Å². The normalized spacial score (nSPS) is 13.7. The van der Waals surface area contributed by atoms with Gasteiger partial charge in [-0.1, -0.05) is 26.0 Å². The maximum atomic E-state index is 12.5. The van der Waals surface area contributed by atoms with E-state index in [9.17, 15) is 13.2 Å². The van der Waals surface area contributed by atoms with Crippen LogP contribution in [0.5, 0.6) is 0 Å². The first-order chi connectivity index (χ1) is 9.77. The summed E-state index contributed by atoms with van der Waals surface area (Å²) in [5.41, 5.74) is 6.86. The van der Waals surface area contributed by atoms with Gasteiger partial charge in [-0.2, -0.15) is 18.3 Å². The molecule has 0 spiro atoms. The van der Waals surface area contributed by atoms with Crippen molar-refractivity contribution < 1.29 is 13.2 Å². The molecule has 0 radical (unpaired) electrons. The molecule has 0 saturated heterocycles. The maximum absolute atomic E-state index is 12.5. The maximum Gasteiger partial charge on any atom is 0.419 e. The van der Waals surface area contributed by atoms with Gasteiger partial charge < -0.3 is 5.73 Å². The number of hydrogen-bond donors (Lipinski definition) is 1. The highest BCUT2D eigenvalue weighted by Crippen LogP contribution is 2.29. The smallest absolute Gasteiger partial charge is 0.324 e. The van der Waals surface area contributed by atoms with Gasteiger partial charge in [0.2, 0.25) is 0 Å². The molecule has 1 aromatic carbocycles. The molecule has 0 aliphatic rings. The van der Waals surface area contributed by atoms with E-state index in [2.05, 4.69) is 18.9 Å². The van der Waals surface area contributed by atoms with Gasteiger partial charge in [-0.3, -0.25) is 0 Å². The first-order valence-corrected chi connectivity index (χ1v) is 6.75. The lowest BCUT2D eigenvalue weighted by Crippen LogP contribution is -2.12. The van der Waals surface area contributed by atoms with E-state index in [1.54, 1.807) is 12.1 Å². The second-order valence-electron chi connectivity index (χ2n) is 5.50. The summed E-state index contributed by atoms with van der Waals surface area (Å²) < 4.78 is 38.8. The fraction of sp³-hybridized carbons (Fsp3) is 0.400. The highest BCUT2D eigenvalue weighted by molar-refractivity contribution is 5.35. The third-order valence-electron chi connectivity index (χ3n) is 3.22. The monoisotopic (exact) mass is 297 g/mol. The van der Waals surface area contributed by atoms with E-state index >= 15 is 0 Å². The highest BCUT2D eigenvalue weighted by atomic mass is 19.4. The first-order valence-electron chi connectivity index (χ1n) is 6.75. The number of aromatic nitrogens is 2. The minimum atomic E-state index is -4.38. The Kier molecular flexibility index (Phi) is 4.37. The number of benzene rings is 1. The Morgan fingerprint density at radius 3 is 2.29 bits per heavy atom. The van der Waals surface area contributed by atoms with Gasteiger partial charge in [0, 0.05) is 12.2 Å². The molecule has 0 saturated carbocycles. The van der Waals surface area contributed by atoms with Crippen LogP contribution in [0.2, 0.25) is 0 Å². The minimum Gasteiger partial charge on any atom is -0.324 e. The summed E-state index contributed by atoms with van der Waals surface area (Å²) in [7, 11) is 0. The van der Waals surface area contributed by atoms with Crippen LogP contribution in [-0.4, -0.2) is 9.78 Å². The van der Waals surface area contributed by atoms with Crippen LogP contribution in [-0.2, 0) is 6.18 Å². The molecule has 0 amide bonds. The van der Waals surface area contributed by atoms with Crippen LogP contribution in [0.3, 0.4) is 0 Å². The number of halogens is 3. The van der Waals surface area contributed by atoms with Gasteiger partial charge in [0.1, 0.15) is 0 Å². The second-order valence-corrected chi connectivity index (χ2v) is 5.50. The number of nitrogens with two attached hydrogens (primary N) is 1. The number of nitrogens with zero attached hydrogens (tertiary/aromatic N) is 2. The lowest BCUT2D eigenvalue weighted by atomic mass is 9.98. The van der Waals surface area contributed by atoms with Gasteiger partial charge in [0.25, 0.3) is 0 Å². The summed E-state index contributed by atoms with van der Waals surface area (Å²) >= 11 is 0.